The molecule has 9 heteroatoms. The summed E-state index contributed by atoms with van der Waals surface area (Å²) in [5.74, 6) is 0.229. The fourth-order valence-corrected chi connectivity index (χ4v) is 1.95. The van der Waals surface area contributed by atoms with E-state index in [1.165, 1.54) is 24.4 Å². The Kier molecular flexibility index (Phi) is 4.95. The maximum atomic E-state index is 10.7. The molecule has 1 aromatic heterocycles. The molecule has 1 N–H and O–H groups in total. The lowest BCUT2D eigenvalue weighted by Gasteiger charge is -2.03. The molecule has 0 aliphatic carbocycles. The van der Waals surface area contributed by atoms with Gasteiger partial charge in [0.05, 0.1) is 21.2 Å². The molecule has 2 rings (SSSR count). The third-order valence-corrected chi connectivity index (χ3v) is 3.31. The lowest BCUT2D eigenvalue weighted by molar-refractivity contribution is -0.384. The summed E-state index contributed by atoms with van der Waals surface area (Å²) in [5.41, 5.74) is 3.12. The lowest BCUT2D eigenvalue weighted by Crippen LogP contribution is -1.96. The zero-order chi connectivity index (χ0) is 15.4. The first-order valence-corrected chi connectivity index (χ1v) is 6.66. The standard InChI is InChI=1S/C12H7Cl3N4O2/c13-9-5-10(14)12(17-11(9)15)18-16-6-7-2-1-3-8(4-7)19(20)21/h1-6H,(H,17,18). The molecule has 0 atom stereocenters. The number of nitro groups is 1. The Balaban J connectivity index is 2.14. The third-order valence-electron chi connectivity index (χ3n) is 2.35. The van der Waals surface area contributed by atoms with Gasteiger partial charge in [0, 0.05) is 17.7 Å². The SMILES string of the molecule is O=[N+]([O-])c1cccc(C=NNc2nc(Cl)c(Cl)cc2Cl)c1. The van der Waals surface area contributed by atoms with Gasteiger partial charge < -0.3 is 0 Å². The molecule has 6 nitrogen and oxygen atoms in total. The molecule has 0 spiro atoms. The number of non-ortho nitro benzene ring substituents is 1. The number of pyridine rings is 1. The van der Waals surface area contributed by atoms with Crippen LogP contribution in [0.2, 0.25) is 15.2 Å². The smallest absolute Gasteiger partial charge is 0.260 e. The average molecular weight is 346 g/mol. The van der Waals surface area contributed by atoms with Crippen molar-refractivity contribution in [2.45, 2.75) is 0 Å². The number of benzene rings is 1. The molecule has 2 aromatic rings. The molecular weight excluding hydrogens is 339 g/mol. The van der Waals surface area contributed by atoms with E-state index in [9.17, 15) is 10.1 Å². The summed E-state index contributed by atoms with van der Waals surface area (Å²) in [7, 11) is 0. The van der Waals surface area contributed by atoms with Gasteiger partial charge in [0.15, 0.2) is 5.82 Å². The van der Waals surface area contributed by atoms with E-state index in [0.29, 0.717) is 5.56 Å². The largest absolute Gasteiger partial charge is 0.270 e. The van der Waals surface area contributed by atoms with Crippen molar-refractivity contribution in [3.05, 3.63) is 61.2 Å². The van der Waals surface area contributed by atoms with Gasteiger partial charge in [-0.2, -0.15) is 5.10 Å². The number of aromatic nitrogens is 1. The van der Waals surface area contributed by atoms with Crippen LogP contribution in [0.4, 0.5) is 11.5 Å². The number of hydrazone groups is 1. The van der Waals surface area contributed by atoms with Crippen LogP contribution in [-0.2, 0) is 0 Å². The van der Waals surface area contributed by atoms with Crippen molar-refractivity contribution in [1.29, 1.82) is 0 Å². The number of nitrogens with zero attached hydrogens (tertiary/aromatic N) is 3. The summed E-state index contributed by atoms with van der Waals surface area (Å²) in [6.45, 7) is 0. The third kappa shape index (κ3) is 4.04. The minimum absolute atomic E-state index is 0.0235. The van der Waals surface area contributed by atoms with E-state index in [1.807, 2.05) is 0 Å². The highest BCUT2D eigenvalue weighted by Crippen LogP contribution is 2.28. The second-order valence-electron chi connectivity index (χ2n) is 3.81. The van der Waals surface area contributed by atoms with Crippen LogP contribution in [0.25, 0.3) is 0 Å². The molecule has 0 amide bonds. The van der Waals surface area contributed by atoms with Crippen molar-refractivity contribution >= 4 is 52.5 Å². The van der Waals surface area contributed by atoms with E-state index in [2.05, 4.69) is 15.5 Å². The fourth-order valence-electron chi connectivity index (χ4n) is 1.41. The molecular formula is C12H7Cl3N4O2. The predicted octanol–water partition coefficient (Wildman–Crippen LogP) is 4.40. The van der Waals surface area contributed by atoms with Crippen molar-refractivity contribution < 1.29 is 4.92 Å². The van der Waals surface area contributed by atoms with E-state index in [-0.39, 0.29) is 26.7 Å². The van der Waals surface area contributed by atoms with Gasteiger partial charge in [0.25, 0.3) is 5.69 Å². The number of rotatable bonds is 4. The Bertz CT molecular complexity index is 722. The molecule has 1 aromatic carbocycles. The quantitative estimate of drug-likeness (QED) is 0.385. The summed E-state index contributed by atoms with van der Waals surface area (Å²) in [5, 5.41) is 15.1. The van der Waals surface area contributed by atoms with E-state index >= 15 is 0 Å². The van der Waals surface area contributed by atoms with Gasteiger partial charge in [-0.1, -0.05) is 46.9 Å². The second-order valence-corrected chi connectivity index (χ2v) is 4.99. The molecule has 0 aliphatic heterocycles. The minimum atomic E-state index is -0.484. The van der Waals surface area contributed by atoms with E-state index in [4.69, 9.17) is 34.8 Å². The molecule has 0 unspecified atom stereocenters. The molecule has 21 heavy (non-hydrogen) atoms. The number of halogens is 3. The number of nitrogens with one attached hydrogen (secondary N) is 1. The van der Waals surface area contributed by atoms with Gasteiger partial charge in [-0.05, 0) is 6.07 Å². The summed E-state index contributed by atoms with van der Waals surface area (Å²) in [6.07, 6.45) is 1.40. The normalized spacial score (nSPS) is 10.8. The Morgan fingerprint density at radius 2 is 2.00 bits per heavy atom. The number of anilines is 1. The number of hydrogen-bond donors (Lipinski definition) is 1. The first-order chi connectivity index (χ1) is 9.97. The molecule has 0 aliphatic rings. The molecule has 0 saturated heterocycles. The van der Waals surface area contributed by atoms with E-state index in [1.54, 1.807) is 12.1 Å². The zero-order valence-corrected chi connectivity index (χ0v) is 12.5. The van der Waals surface area contributed by atoms with Crippen LogP contribution in [0.3, 0.4) is 0 Å². The van der Waals surface area contributed by atoms with Crippen molar-refractivity contribution in [1.82, 2.24) is 4.98 Å². The summed E-state index contributed by atoms with van der Waals surface area (Å²) in [6, 6.07) is 7.44. The van der Waals surface area contributed by atoms with Crippen molar-refractivity contribution in [3.8, 4) is 0 Å². The van der Waals surface area contributed by atoms with Crippen LogP contribution in [0.15, 0.2) is 35.4 Å². The van der Waals surface area contributed by atoms with Crippen molar-refractivity contribution in [3.63, 3.8) is 0 Å². The van der Waals surface area contributed by atoms with Crippen LogP contribution < -0.4 is 5.43 Å². The molecule has 108 valence electrons. The van der Waals surface area contributed by atoms with E-state index in [0.717, 1.165) is 0 Å². The Morgan fingerprint density at radius 1 is 1.24 bits per heavy atom. The monoisotopic (exact) mass is 344 g/mol. The van der Waals surface area contributed by atoms with Crippen LogP contribution in [-0.4, -0.2) is 16.1 Å². The summed E-state index contributed by atoms with van der Waals surface area (Å²) < 4.78 is 0. The van der Waals surface area contributed by atoms with Crippen molar-refractivity contribution in [2.24, 2.45) is 5.10 Å². The highest BCUT2D eigenvalue weighted by atomic mass is 35.5. The molecule has 0 saturated carbocycles. The van der Waals surface area contributed by atoms with Gasteiger partial charge in [-0.25, -0.2) is 4.98 Å². The Morgan fingerprint density at radius 3 is 2.71 bits per heavy atom. The molecule has 0 radical (unpaired) electrons. The minimum Gasteiger partial charge on any atom is -0.260 e. The van der Waals surface area contributed by atoms with Gasteiger partial charge in [0.2, 0.25) is 0 Å². The first-order valence-electron chi connectivity index (χ1n) is 5.52. The molecule has 0 bridgehead atoms. The second kappa shape index (κ2) is 6.71. The van der Waals surface area contributed by atoms with Crippen LogP contribution in [0, 0.1) is 10.1 Å². The Hall–Kier alpha value is -1.89. The topological polar surface area (TPSA) is 80.4 Å². The maximum Gasteiger partial charge on any atom is 0.270 e. The van der Waals surface area contributed by atoms with Gasteiger partial charge in [-0.3, -0.25) is 15.5 Å². The maximum absolute atomic E-state index is 10.7. The first kappa shape index (κ1) is 15.5. The summed E-state index contributed by atoms with van der Waals surface area (Å²) >= 11 is 17.4. The van der Waals surface area contributed by atoms with Crippen LogP contribution in [0.1, 0.15) is 5.56 Å². The highest BCUT2D eigenvalue weighted by molar-refractivity contribution is 6.42. The molecule has 1 heterocycles. The van der Waals surface area contributed by atoms with E-state index < -0.39 is 4.92 Å². The summed E-state index contributed by atoms with van der Waals surface area (Å²) in [4.78, 5) is 14.1. The number of nitro benzene ring substituents is 1. The zero-order valence-electron chi connectivity index (χ0n) is 10.3. The Labute approximate surface area is 134 Å². The van der Waals surface area contributed by atoms with Gasteiger partial charge in [0.1, 0.15) is 5.15 Å². The molecule has 0 fully saturated rings. The van der Waals surface area contributed by atoms with Gasteiger partial charge in [-0.15, -0.1) is 0 Å². The lowest BCUT2D eigenvalue weighted by atomic mass is 10.2. The van der Waals surface area contributed by atoms with Crippen LogP contribution >= 0.6 is 34.8 Å². The van der Waals surface area contributed by atoms with Crippen LogP contribution in [0.5, 0.6) is 0 Å². The number of hydrogen-bond acceptors (Lipinski definition) is 5. The van der Waals surface area contributed by atoms with Gasteiger partial charge >= 0.3 is 0 Å². The highest BCUT2D eigenvalue weighted by Gasteiger charge is 2.07. The average Bonchev–Trinajstić information content (AvgIpc) is 2.44. The predicted molar refractivity (Wildman–Crippen MR) is 83.6 cm³/mol. The fraction of sp³-hybridized carbons (Fsp3) is 0. The van der Waals surface area contributed by atoms with Crippen molar-refractivity contribution in [2.75, 3.05) is 5.43 Å².